The van der Waals surface area contributed by atoms with Crippen LogP contribution in [-0.2, 0) is 4.74 Å². The van der Waals surface area contributed by atoms with Crippen LogP contribution < -0.4 is 5.73 Å². The molecular weight excluding hydrogens is 212 g/mol. The third kappa shape index (κ3) is 3.36. The van der Waals surface area contributed by atoms with E-state index in [4.69, 9.17) is 22.1 Å². The molecule has 84 valence electrons. The number of halogens is 1. The second-order valence-electron chi connectivity index (χ2n) is 3.44. The Kier molecular flexibility index (Phi) is 4.85. The van der Waals surface area contributed by atoms with E-state index >= 15 is 0 Å². The van der Waals surface area contributed by atoms with Crippen molar-refractivity contribution in [3.8, 4) is 0 Å². The first-order valence-electron chi connectivity index (χ1n) is 5.03. The largest absolute Gasteiger partial charge is 0.383 e. The van der Waals surface area contributed by atoms with E-state index in [1.54, 1.807) is 7.11 Å². The summed E-state index contributed by atoms with van der Waals surface area (Å²) in [7, 11) is 1.64. The van der Waals surface area contributed by atoms with E-state index < -0.39 is 0 Å². The summed E-state index contributed by atoms with van der Waals surface area (Å²) < 4.78 is 4.97. The monoisotopic (exact) mass is 228 g/mol. The van der Waals surface area contributed by atoms with Gasteiger partial charge >= 0.3 is 0 Å². The van der Waals surface area contributed by atoms with Crippen molar-refractivity contribution in [3.05, 3.63) is 23.4 Å². The summed E-state index contributed by atoms with van der Waals surface area (Å²) in [6, 6.07) is 0. The Morgan fingerprint density at radius 1 is 1.73 bits per heavy atom. The number of allylic oxidation sites excluding steroid dienone is 1. The highest BCUT2D eigenvalue weighted by Gasteiger charge is 2.18. The molecule has 1 heterocycles. The molecule has 0 saturated carbocycles. The van der Waals surface area contributed by atoms with Gasteiger partial charge in [0.2, 0.25) is 0 Å². The Morgan fingerprint density at radius 2 is 2.47 bits per heavy atom. The second kappa shape index (κ2) is 5.93. The topological polar surface area (TPSA) is 47.6 Å². The molecule has 0 aromatic rings. The molecule has 0 fully saturated rings. The zero-order valence-corrected chi connectivity index (χ0v) is 9.92. The third-order valence-corrected chi connectivity index (χ3v) is 2.77. The molecule has 0 saturated heterocycles. The van der Waals surface area contributed by atoms with Crippen molar-refractivity contribution >= 4 is 17.4 Å². The number of rotatable bonds is 3. The number of nitrogens with two attached hydrogens (primary N) is 1. The molecule has 1 aliphatic rings. The lowest BCUT2D eigenvalue weighted by molar-refractivity contribution is 0.233. The van der Waals surface area contributed by atoms with Crippen molar-refractivity contribution in [2.45, 2.75) is 25.1 Å². The number of hydrogen-bond acceptors (Lipinski definition) is 3. The molecule has 0 amide bonds. The molecular formula is C11H17ClN2O. The van der Waals surface area contributed by atoms with Gasteiger partial charge in [-0.1, -0.05) is 18.6 Å². The van der Waals surface area contributed by atoms with Gasteiger partial charge in [0.15, 0.2) is 0 Å². The summed E-state index contributed by atoms with van der Waals surface area (Å²) in [4.78, 5) is 4.18. The lowest BCUT2D eigenvalue weighted by Gasteiger charge is -2.11. The van der Waals surface area contributed by atoms with E-state index in [2.05, 4.69) is 11.9 Å². The Morgan fingerprint density at radius 3 is 3.07 bits per heavy atom. The van der Waals surface area contributed by atoms with E-state index in [0.29, 0.717) is 12.4 Å². The van der Waals surface area contributed by atoms with Crippen molar-refractivity contribution in [1.29, 1.82) is 0 Å². The molecule has 2 N–H and O–H groups in total. The summed E-state index contributed by atoms with van der Waals surface area (Å²) in [6.07, 6.45) is 5.47. The Labute approximate surface area is 95.7 Å². The van der Waals surface area contributed by atoms with Crippen LogP contribution in [0.3, 0.4) is 0 Å². The van der Waals surface area contributed by atoms with Crippen LogP contribution in [0, 0.1) is 0 Å². The first-order valence-corrected chi connectivity index (χ1v) is 5.47. The smallest absolute Gasteiger partial charge is 0.127 e. The number of hydrogen-bond donors (Lipinski definition) is 1. The normalized spacial score (nSPS) is 24.7. The molecule has 1 unspecified atom stereocenters. The minimum atomic E-state index is -0.0994. The van der Waals surface area contributed by atoms with Gasteiger partial charge < -0.3 is 10.5 Å². The summed E-state index contributed by atoms with van der Waals surface area (Å²) >= 11 is 6.27. The molecule has 1 aliphatic heterocycles. The van der Waals surface area contributed by atoms with Gasteiger partial charge in [-0.2, -0.15) is 0 Å². The molecule has 0 aromatic heterocycles. The minimum absolute atomic E-state index is 0.0994. The highest BCUT2D eigenvalue weighted by atomic mass is 35.5. The van der Waals surface area contributed by atoms with Gasteiger partial charge in [0, 0.05) is 18.9 Å². The first kappa shape index (κ1) is 12.3. The lowest BCUT2D eigenvalue weighted by Crippen LogP contribution is -2.21. The van der Waals surface area contributed by atoms with Crippen molar-refractivity contribution in [3.63, 3.8) is 0 Å². The van der Waals surface area contributed by atoms with E-state index in [-0.39, 0.29) is 5.38 Å². The molecule has 4 heteroatoms. The van der Waals surface area contributed by atoms with Crippen LogP contribution in [0.1, 0.15) is 19.8 Å². The van der Waals surface area contributed by atoms with Crippen LogP contribution in [0.5, 0.6) is 0 Å². The van der Waals surface area contributed by atoms with Crippen molar-refractivity contribution in [1.82, 2.24) is 0 Å². The van der Waals surface area contributed by atoms with Crippen LogP contribution in [0.2, 0.25) is 0 Å². The summed E-state index contributed by atoms with van der Waals surface area (Å²) in [5.41, 5.74) is 7.92. The Bertz CT molecular complexity index is 308. The van der Waals surface area contributed by atoms with E-state index in [0.717, 1.165) is 18.4 Å². The quantitative estimate of drug-likeness (QED) is 0.753. The van der Waals surface area contributed by atoms with Gasteiger partial charge in [0.05, 0.1) is 12.0 Å². The average molecular weight is 229 g/mol. The van der Waals surface area contributed by atoms with Crippen molar-refractivity contribution in [2.75, 3.05) is 13.7 Å². The van der Waals surface area contributed by atoms with E-state index in [1.807, 2.05) is 12.3 Å². The average Bonchev–Trinajstić information content (AvgIpc) is 2.36. The Balaban J connectivity index is 2.86. The summed E-state index contributed by atoms with van der Waals surface area (Å²) in [6.45, 7) is 2.60. The zero-order chi connectivity index (χ0) is 11.3. The molecule has 0 aliphatic carbocycles. The maximum atomic E-state index is 6.27. The van der Waals surface area contributed by atoms with E-state index in [9.17, 15) is 0 Å². The standard InChI is InChI=1S/C11H17ClN2O/c1-3-8-6-10(12)9(4-5-15-2)11(13)14-7-8/h4,7,10H,3,5-6H2,1-2H3,(H2,13,14)/b9-4-. The van der Waals surface area contributed by atoms with Crippen LogP contribution in [0.25, 0.3) is 0 Å². The maximum absolute atomic E-state index is 6.27. The SMILES string of the molecule is CCC1=CN=C(N)/C(=C\COC)C(Cl)C1. The number of ether oxygens (including phenoxy) is 1. The fourth-order valence-electron chi connectivity index (χ4n) is 1.43. The third-order valence-electron chi connectivity index (χ3n) is 2.38. The molecule has 3 nitrogen and oxygen atoms in total. The maximum Gasteiger partial charge on any atom is 0.127 e. The molecule has 0 bridgehead atoms. The molecule has 0 radical (unpaired) electrons. The van der Waals surface area contributed by atoms with Crippen molar-refractivity contribution < 1.29 is 4.74 Å². The highest BCUT2D eigenvalue weighted by Crippen LogP contribution is 2.23. The molecule has 1 rings (SSSR count). The van der Waals surface area contributed by atoms with Crippen LogP contribution in [-0.4, -0.2) is 24.9 Å². The number of alkyl halides is 1. The number of methoxy groups -OCH3 is 1. The van der Waals surface area contributed by atoms with Gasteiger partial charge in [0.25, 0.3) is 0 Å². The van der Waals surface area contributed by atoms with Crippen LogP contribution >= 0.6 is 11.6 Å². The fourth-order valence-corrected chi connectivity index (χ4v) is 1.83. The molecule has 15 heavy (non-hydrogen) atoms. The van der Waals surface area contributed by atoms with Gasteiger partial charge in [0.1, 0.15) is 5.84 Å². The van der Waals surface area contributed by atoms with Gasteiger partial charge in [-0.25, -0.2) is 4.99 Å². The highest BCUT2D eigenvalue weighted by molar-refractivity contribution is 6.26. The van der Waals surface area contributed by atoms with Crippen LogP contribution in [0.15, 0.2) is 28.4 Å². The van der Waals surface area contributed by atoms with Crippen molar-refractivity contribution in [2.24, 2.45) is 10.7 Å². The Hall–Kier alpha value is -0.800. The predicted molar refractivity (Wildman–Crippen MR) is 64.2 cm³/mol. The first-order chi connectivity index (χ1) is 7.19. The second-order valence-corrected chi connectivity index (χ2v) is 3.97. The van der Waals surface area contributed by atoms with Gasteiger partial charge in [-0.15, -0.1) is 11.6 Å². The fraction of sp³-hybridized carbons (Fsp3) is 0.545. The lowest BCUT2D eigenvalue weighted by atomic mass is 10.0. The van der Waals surface area contributed by atoms with Crippen LogP contribution in [0.4, 0.5) is 0 Å². The predicted octanol–water partition coefficient (Wildman–Crippen LogP) is 2.22. The molecule has 0 aromatic carbocycles. The number of amidine groups is 1. The molecule has 0 spiro atoms. The molecule has 1 atom stereocenters. The van der Waals surface area contributed by atoms with Gasteiger partial charge in [-0.05, 0) is 12.8 Å². The number of nitrogens with zero attached hydrogens (tertiary/aromatic N) is 1. The number of aliphatic imine (C=N–C) groups is 1. The van der Waals surface area contributed by atoms with E-state index in [1.165, 1.54) is 5.57 Å². The summed E-state index contributed by atoms with van der Waals surface area (Å²) in [5.74, 6) is 0.496. The zero-order valence-electron chi connectivity index (χ0n) is 9.16. The van der Waals surface area contributed by atoms with Gasteiger partial charge in [-0.3, -0.25) is 0 Å². The minimum Gasteiger partial charge on any atom is -0.383 e. The summed E-state index contributed by atoms with van der Waals surface area (Å²) in [5, 5.41) is -0.0994.